The molecule has 1 aromatic heterocycles. The van der Waals surface area contributed by atoms with Crippen LogP contribution in [0.2, 0.25) is 0 Å². The summed E-state index contributed by atoms with van der Waals surface area (Å²) in [6, 6.07) is 4.79. The van der Waals surface area contributed by atoms with Crippen molar-refractivity contribution >= 4 is 28.9 Å². The van der Waals surface area contributed by atoms with Crippen LogP contribution in [0.1, 0.15) is 0 Å². The predicted molar refractivity (Wildman–Crippen MR) is 53.6 cm³/mol. The maximum atomic E-state index is 10.9. The summed E-state index contributed by atoms with van der Waals surface area (Å²) in [6.07, 6.45) is 0.185. The fraction of sp³-hybridized carbons (Fsp3) is 0. The largest absolute Gasteiger partial charge is 0.323 e. The number of imidazole rings is 1. The lowest BCUT2D eigenvalue weighted by molar-refractivity contribution is -0.127. The number of aromatic nitrogens is 2. The number of benzene rings is 1. The lowest BCUT2D eigenvalue weighted by Crippen LogP contribution is -2.11. The topological polar surface area (TPSA) is 94.8 Å². The van der Waals surface area contributed by atoms with Crippen molar-refractivity contribution in [2.75, 3.05) is 5.32 Å². The average molecular weight is 205 g/mol. The number of anilines is 1. The molecule has 0 aliphatic carbocycles. The number of carbonyl (C=O) groups excluding carboxylic acids is 2. The zero-order valence-electron chi connectivity index (χ0n) is 7.53. The Labute approximate surface area is 83.3 Å². The second-order valence-electron chi connectivity index (χ2n) is 2.95. The van der Waals surface area contributed by atoms with Crippen LogP contribution in [-0.4, -0.2) is 22.2 Å². The van der Waals surface area contributed by atoms with Crippen LogP contribution in [0, 0.1) is 0 Å². The predicted octanol–water partition coefficient (Wildman–Crippen LogP) is -0.00640. The van der Waals surface area contributed by atoms with Crippen molar-refractivity contribution in [3.05, 3.63) is 28.7 Å². The minimum Gasteiger partial charge on any atom is -0.320 e. The van der Waals surface area contributed by atoms with Crippen molar-refractivity contribution in [2.45, 2.75) is 0 Å². The summed E-state index contributed by atoms with van der Waals surface area (Å²) < 4.78 is 0. The summed E-state index contributed by atoms with van der Waals surface area (Å²) in [6.45, 7) is 0. The third-order valence-electron chi connectivity index (χ3n) is 1.89. The number of aromatic amines is 2. The highest BCUT2D eigenvalue weighted by molar-refractivity contribution is 6.29. The first-order valence-electron chi connectivity index (χ1n) is 4.17. The summed E-state index contributed by atoms with van der Waals surface area (Å²) in [5, 5.41) is 2.35. The number of hydrogen-bond acceptors (Lipinski definition) is 3. The standard InChI is InChI=1S/C9H7N3O3/c13-4-8(14)10-5-1-2-6-7(3-5)12-9(15)11-6/h1-4H,(H,10,14)(H2,11,12,15). The summed E-state index contributed by atoms with van der Waals surface area (Å²) in [4.78, 5) is 36.9. The maximum Gasteiger partial charge on any atom is 0.323 e. The summed E-state index contributed by atoms with van der Waals surface area (Å²) >= 11 is 0. The van der Waals surface area contributed by atoms with Gasteiger partial charge in [-0.05, 0) is 18.2 Å². The van der Waals surface area contributed by atoms with E-state index in [2.05, 4.69) is 15.3 Å². The first kappa shape index (κ1) is 9.20. The van der Waals surface area contributed by atoms with Crippen molar-refractivity contribution in [2.24, 2.45) is 0 Å². The maximum absolute atomic E-state index is 10.9. The quantitative estimate of drug-likeness (QED) is 0.475. The Kier molecular flexibility index (Phi) is 2.09. The fourth-order valence-corrected chi connectivity index (χ4v) is 1.28. The fourth-order valence-electron chi connectivity index (χ4n) is 1.28. The SMILES string of the molecule is O=CC(=O)Nc1ccc2[nH]c(=O)[nH]c2c1. The summed E-state index contributed by atoms with van der Waals surface area (Å²) in [5.74, 6) is -0.729. The van der Waals surface area contributed by atoms with E-state index in [1.165, 1.54) is 0 Å². The second kappa shape index (κ2) is 3.41. The van der Waals surface area contributed by atoms with Crippen LogP contribution in [0.5, 0.6) is 0 Å². The molecule has 1 amide bonds. The van der Waals surface area contributed by atoms with Crippen LogP contribution in [0.25, 0.3) is 11.0 Å². The lowest BCUT2D eigenvalue weighted by atomic mass is 10.3. The summed E-state index contributed by atoms with van der Waals surface area (Å²) in [7, 11) is 0. The number of H-pyrrole nitrogens is 2. The third-order valence-corrected chi connectivity index (χ3v) is 1.89. The Hall–Kier alpha value is -2.37. The molecule has 0 spiro atoms. The van der Waals surface area contributed by atoms with Gasteiger partial charge in [0.2, 0.25) is 6.29 Å². The molecule has 6 heteroatoms. The zero-order chi connectivity index (χ0) is 10.8. The van der Waals surface area contributed by atoms with E-state index in [4.69, 9.17) is 0 Å². The molecule has 2 aromatic rings. The van der Waals surface area contributed by atoms with E-state index in [9.17, 15) is 14.4 Å². The Balaban J connectivity index is 2.42. The monoisotopic (exact) mass is 205 g/mol. The molecule has 0 unspecified atom stereocenters. The molecule has 76 valence electrons. The van der Waals surface area contributed by atoms with Gasteiger partial charge < -0.3 is 15.3 Å². The zero-order valence-corrected chi connectivity index (χ0v) is 7.53. The molecule has 6 nitrogen and oxygen atoms in total. The molecule has 0 bridgehead atoms. The van der Waals surface area contributed by atoms with Crippen molar-refractivity contribution in [3.8, 4) is 0 Å². The van der Waals surface area contributed by atoms with E-state index in [-0.39, 0.29) is 12.0 Å². The third kappa shape index (κ3) is 1.78. The Morgan fingerprint density at radius 2 is 2.00 bits per heavy atom. The number of nitrogens with one attached hydrogen (secondary N) is 3. The van der Waals surface area contributed by atoms with E-state index in [1.807, 2.05) is 0 Å². The van der Waals surface area contributed by atoms with E-state index in [0.717, 1.165) is 0 Å². The van der Waals surface area contributed by atoms with E-state index >= 15 is 0 Å². The molecule has 2 rings (SSSR count). The van der Waals surface area contributed by atoms with Gasteiger partial charge in [0.25, 0.3) is 5.91 Å². The molecular weight excluding hydrogens is 198 g/mol. The summed E-state index contributed by atoms with van der Waals surface area (Å²) in [5.41, 5.74) is 1.35. The van der Waals surface area contributed by atoms with Crippen LogP contribution in [0.3, 0.4) is 0 Å². The molecule has 0 saturated carbocycles. The van der Waals surface area contributed by atoms with E-state index < -0.39 is 5.91 Å². The number of fused-ring (bicyclic) bond motifs is 1. The molecule has 1 heterocycles. The highest BCUT2D eigenvalue weighted by atomic mass is 16.2. The number of rotatable bonds is 2. The van der Waals surface area contributed by atoms with Crippen LogP contribution in [-0.2, 0) is 9.59 Å². The van der Waals surface area contributed by atoms with Crippen molar-refractivity contribution in [3.63, 3.8) is 0 Å². The first-order valence-corrected chi connectivity index (χ1v) is 4.17. The smallest absolute Gasteiger partial charge is 0.320 e. The molecule has 0 radical (unpaired) electrons. The van der Waals surface area contributed by atoms with Gasteiger partial charge in [0, 0.05) is 5.69 Å². The van der Waals surface area contributed by atoms with Gasteiger partial charge in [0.15, 0.2) is 0 Å². The number of hydrogen-bond donors (Lipinski definition) is 3. The van der Waals surface area contributed by atoms with Gasteiger partial charge in [-0.3, -0.25) is 9.59 Å². The normalized spacial score (nSPS) is 10.1. The molecule has 0 atom stereocenters. The van der Waals surface area contributed by atoms with Gasteiger partial charge in [-0.1, -0.05) is 0 Å². The highest BCUT2D eigenvalue weighted by Crippen LogP contribution is 2.13. The van der Waals surface area contributed by atoms with E-state index in [1.54, 1.807) is 18.2 Å². The van der Waals surface area contributed by atoms with Gasteiger partial charge in [-0.15, -0.1) is 0 Å². The van der Waals surface area contributed by atoms with Crippen LogP contribution in [0.4, 0.5) is 5.69 Å². The second-order valence-corrected chi connectivity index (χ2v) is 2.95. The van der Waals surface area contributed by atoms with Gasteiger partial charge in [0.1, 0.15) is 0 Å². The van der Waals surface area contributed by atoms with Gasteiger partial charge >= 0.3 is 5.69 Å². The van der Waals surface area contributed by atoms with E-state index in [0.29, 0.717) is 16.7 Å². The molecule has 0 aliphatic rings. The minimum absolute atomic E-state index is 0.185. The van der Waals surface area contributed by atoms with Crippen LogP contribution in [0.15, 0.2) is 23.0 Å². The Morgan fingerprint density at radius 1 is 1.27 bits per heavy atom. The van der Waals surface area contributed by atoms with Crippen LogP contribution < -0.4 is 11.0 Å². The van der Waals surface area contributed by atoms with Crippen LogP contribution >= 0.6 is 0 Å². The number of amides is 1. The van der Waals surface area contributed by atoms with Gasteiger partial charge in [-0.25, -0.2) is 4.79 Å². The highest BCUT2D eigenvalue weighted by Gasteiger charge is 2.02. The van der Waals surface area contributed by atoms with Crippen molar-refractivity contribution in [1.82, 2.24) is 9.97 Å². The molecule has 15 heavy (non-hydrogen) atoms. The van der Waals surface area contributed by atoms with Crippen molar-refractivity contribution < 1.29 is 9.59 Å². The molecule has 0 aliphatic heterocycles. The molecule has 0 fully saturated rings. The first-order chi connectivity index (χ1) is 7.19. The van der Waals surface area contributed by atoms with Gasteiger partial charge in [-0.2, -0.15) is 0 Å². The lowest BCUT2D eigenvalue weighted by Gasteiger charge is -1.99. The van der Waals surface area contributed by atoms with Crippen molar-refractivity contribution in [1.29, 1.82) is 0 Å². The number of carbonyl (C=O) groups is 2. The number of aldehydes is 1. The molecule has 1 aromatic carbocycles. The molecule has 3 N–H and O–H groups in total. The molecular formula is C9H7N3O3. The Morgan fingerprint density at radius 3 is 2.73 bits per heavy atom. The molecule has 0 saturated heterocycles. The average Bonchev–Trinajstić information content (AvgIpc) is 2.57. The Bertz CT molecular complexity index is 582. The van der Waals surface area contributed by atoms with Gasteiger partial charge in [0.05, 0.1) is 11.0 Å². The minimum atomic E-state index is -0.729.